The van der Waals surface area contributed by atoms with Crippen LogP contribution in [0.3, 0.4) is 0 Å². The molecule has 0 aliphatic heterocycles. The van der Waals surface area contributed by atoms with Crippen molar-refractivity contribution in [2.75, 3.05) is 6.54 Å². The predicted molar refractivity (Wildman–Crippen MR) is 51.1 cm³/mol. The van der Waals surface area contributed by atoms with Crippen LogP contribution in [0.2, 0.25) is 0 Å². The quantitative estimate of drug-likeness (QED) is 0.670. The van der Waals surface area contributed by atoms with Crippen LogP contribution in [-0.2, 0) is 4.79 Å². The number of amides is 1. The number of hydrogen-bond acceptors (Lipinski definition) is 2. The molecule has 0 saturated heterocycles. The molecule has 1 atom stereocenters. The van der Waals surface area contributed by atoms with Gasteiger partial charge in [0.2, 0.25) is 5.91 Å². The molecule has 0 unspecified atom stereocenters. The second-order valence-electron chi connectivity index (χ2n) is 4.64. The van der Waals surface area contributed by atoms with Crippen molar-refractivity contribution in [3.05, 3.63) is 0 Å². The maximum Gasteiger partial charge on any atom is 0.236 e. The standard InChI is InChI=1S/C10H18N2O/c1-7(11)9(13)12-6-10(4-5-10)8-2-3-8/h7-8H,2-6,11H2,1H3,(H,12,13)/t7-/m0/s1. The number of carbonyl (C=O) groups excluding carboxylic acids is 1. The summed E-state index contributed by atoms with van der Waals surface area (Å²) in [5, 5.41) is 2.94. The molecule has 0 bridgehead atoms. The predicted octanol–water partition coefficient (Wildman–Crippen LogP) is 0.640. The van der Waals surface area contributed by atoms with E-state index in [1.165, 1.54) is 25.7 Å². The summed E-state index contributed by atoms with van der Waals surface area (Å²) < 4.78 is 0. The minimum absolute atomic E-state index is 0.00748. The Balaban J connectivity index is 1.76. The second kappa shape index (κ2) is 2.98. The highest BCUT2D eigenvalue weighted by Gasteiger charge is 2.53. The Bertz CT molecular complexity index is 217. The number of hydrogen-bond donors (Lipinski definition) is 2. The number of rotatable bonds is 4. The van der Waals surface area contributed by atoms with E-state index in [2.05, 4.69) is 5.32 Å². The van der Waals surface area contributed by atoms with E-state index in [1.54, 1.807) is 6.92 Å². The Morgan fingerprint density at radius 3 is 2.62 bits per heavy atom. The molecule has 0 aromatic rings. The SMILES string of the molecule is C[C@H](N)C(=O)NCC1(C2CC2)CC1. The third kappa shape index (κ3) is 1.85. The van der Waals surface area contributed by atoms with Gasteiger partial charge in [-0.25, -0.2) is 0 Å². The fourth-order valence-corrected chi connectivity index (χ4v) is 2.01. The molecule has 1 amide bonds. The van der Waals surface area contributed by atoms with Crippen LogP contribution >= 0.6 is 0 Å². The Morgan fingerprint density at radius 1 is 1.62 bits per heavy atom. The van der Waals surface area contributed by atoms with E-state index >= 15 is 0 Å². The van der Waals surface area contributed by atoms with E-state index in [0.29, 0.717) is 5.41 Å². The highest BCUT2D eigenvalue weighted by atomic mass is 16.2. The van der Waals surface area contributed by atoms with Crippen molar-refractivity contribution < 1.29 is 4.79 Å². The Labute approximate surface area is 79.1 Å². The lowest BCUT2D eigenvalue weighted by molar-refractivity contribution is -0.122. The molecule has 3 nitrogen and oxygen atoms in total. The van der Waals surface area contributed by atoms with E-state index < -0.39 is 0 Å². The van der Waals surface area contributed by atoms with Crippen molar-refractivity contribution in [1.29, 1.82) is 0 Å². The van der Waals surface area contributed by atoms with Crippen LogP contribution < -0.4 is 11.1 Å². The first-order chi connectivity index (χ1) is 6.14. The van der Waals surface area contributed by atoms with Gasteiger partial charge in [0, 0.05) is 6.54 Å². The lowest BCUT2D eigenvalue weighted by atomic mass is 10.0. The van der Waals surface area contributed by atoms with Crippen molar-refractivity contribution in [3.63, 3.8) is 0 Å². The zero-order chi connectivity index (χ0) is 9.47. The van der Waals surface area contributed by atoms with Gasteiger partial charge in [0.15, 0.2) is 0 Å². The van der Waals surface area contributed by atoms with Crippen LogP contribution in [-0.4, -0.2) is 18.5 Å². The molecule has 2 fully saturated rings. The summed E-state index contributed by atoms with van der Waals surface area (Å²) in [6.45, 7) is 2.59. The third-order valence-electron chi connectivity index (χ3n) is 3.36. The molecule has 3 heteroatoms. The zero-order valence-electron chi connectivity index (χ0n) is 8.18. The fourth-order valence-electron chi connectivity index (χ4n) is 2.01. The second-order valence-corrected chi connectivity index (χ2v) is 4.64. The summed E-state index contributed by atoms with van der Waals surface area (Å²) in [5.74, 6) is 0.896. The summed E-state index contributed by atoms with van der Waals surface area (Å²) in [6, 6.07) is -0.366. The van der Waals surface area contributed by atoms with Gasteiger partial charge in [-0.2, -0.15) is 0 Å². The Morgan fingerprint density at radius 2 is 2.23 bits per heavy atom. The average molecular weight is 182 g/mol. The summed E-state index contributed by atoms with van der Waals surface area (Å²) in [6.07, 6.45) is 5.34. The van der Waals surface area contributed by atoms with E-state index in [1.807, 2.05) is 0 Å². The molecular formula is C10H18N2O. The summed E-state index contributed by atoms with van der Waals surface area (Å²) in [5.41, 5.74) is 5.96. The van der Waals surface area contributed by atoms with Gasteiger partial charge in [-0.3, -0.25) is 4.79 Å². The zero-order valence-corrected chi connectivity index (χ0v) is 8.18. The van der Waals surface area contributed by atoms with Crippen molar-refractivity contribution in [2.24, 2.45) is 17.1 Å². The number of nitrogens with two attached hydrogens (primary N) is 1. The van der Waals surface area contributed by atoms with E-state index in [4.69, 9.17) is 5.73 Å². The van der Waals surface area contributed by atoms with Crippen molar-refractivity contribution in [3.8, 4) is 0 Å². The summed E-state index contributed by atoms with van der Waals surface area (Å²) >= 11 is 0. The minimum atomic E-state index is -0.366. The monoisotopic (exact) mass is 182 g/mol. The van der Waals surface area contributed by atoms with Crippen LogP contribution in [0.15, 0.2) is 0 Å². The van der Waals surface area contributed by atoms with Gasteiger partial charge in [0.25, 0.3) is 0 Å². The van der Waals surface area contributed by atoms with Crippen molar-refractivity contribution in [2.45, 2.75) is 38.6 Å². The average Bonchev–Trinajstić information content (AvgIpc) is 2.90. The van der Waals surface area contributed by atoms with Gasteiger partial charge in [-0.15, -0.1) is 0 Å². The fraction of sp³-hybridized carbons (Fsp3) is 0.900. The molecule has 2 saturated carbocycles. The van der Waals surface area contributed by atoms with Gasteiger partial charge in [-0.05, 0) is 43.9 Å². The van der Waals surface area contributed by atoms with Crippen molar-refractivity contribution in [1.82, 2.24) is 5.32 Å². The Kier molecular flexibility index (Phi) is 2.06. The van der Waals surface area contributed by atoms with Crippen LogP contribution in [0.1, 0.15) is 32.6 Å². The molecule has 74 valence electrons. The molecular weight excluding hydrogens is 164 g/mol. The van der Waals surface area contributed by atoms with Gasteiger partial charge < -0.3 is 11.1 Å². The minimum Gasteiger partial charge on any atom is -0.354 e. The summed E-state index contributed by atoms with van der Waals surface area (Å²) in [4.78, 5) is 11.2. The van der Waals surface area contributed by atoms with Crippen LogP contribution in [0.5, 0.6) is 0 Å². The molecule has 0 aromatic carbocycles. The Hall–Kier alpha value is -0.570. The molecule has 0 heterocycles. The first kappa shape index (κ1) is 9.00. The molecule has 0 radical (unpaired) electrons. The lowest BCUT2D eigenvalue weighted by Crippen LogP contribution is -2.41. The lowest BCUT2D eigenvalue weighted by Gasteiger charge is -2.15. The van der Waals surface area contributed by atoms with Crippen LogP contribution in [0, 0.1) is 11.3 Å². The molecule has 3 N–H and O–H groups in total. The normalized spacial score (nSPS) is 26.6. The van der Waals surface area contributed by atoms with Crippen LogP contribution in [0.25, 0.3) is 0 Å². The number of carbonyl (C=O) groups is 1. The first-order valence-corrected chi connectivity index (χ1v) is 5.17. The molecule has 2 aliphatic carbocycles. The van der Waals surface area contributed by atoms with Gasteiger partial charge in [0.1, 0.15) is 0 Å². The maximum absolute atomic E-state index is 11.2. The molecule has 0 aromatic heterocycles. The van der Waals surface area contributed by atoms with E-state index in [9.17, 15) is 4.79 Å². The van der Waals surface area contributed by atoms with Gasteiger partial charge in [-0.1, -0.05) is 0 Å². The van der Waals surface area contributed by atoms with Crippen molar-refractivity contribution >= 4 is 5.91 Å². The highest BCUT2D eigenvalue weighted by Crippen LogP contribution is 2.60. The summed E-state index contributed by atoms with van der Waals surface area (Å²) in [7, 11) is 0. The first-order valence-electron chi connectivity index (χ1n) is 5.17. The molecule has 0 spiro atoms. The van der Waals surface area contributed by atoms with Crippen LogP contribution in [0.4, 0.5) is 0 Å². The van der Waals surface area contributed by atoms with Gasteiger partial charge >= 0.3 is 0 Å². The van der Waals surface area contributed by atoms with E-state index in [0.717, 1.165) is 12.5 Å². The van der Waals surface area contributed by atoms with E-state index in [-0.39, 0.29) is 11.9 Å². The highest BCUT2D eigenvalue weighted by molar-refractivity contribution is 5.81. The smallest absolute Gasteiger partial charge is 0.236 e. The largest absolute Gasteiger partial charge is 0.354 e. The third-order valence-corrected chi connectivity index (χ3v) is 3.36. The molecule has 2 rings (SSSR count). The topological polar surface area (TPSA) is 55.1 Å². The number of nitrogens with one attached hydrogen (secondary N) is 1. The molecule has 2 aliphatic rings. The maximum atomic E-state index is 11.2. The van der Waals surface area contributed by atoms with Gasteiger partial charge in [0.05, 0.1) is 6.04 Å². The molecule has 13 heavy (non-hydrogen) atoms.